The van der Waals surface area contributed by atoms with Crippen molar-refractivity contribution in [3.8, 4) is 0 Å². The quantitative estimate of drug-likeness (QED) is 0.0215. The molecule has 428 valence electrons. The van der Waals surface area contributed by atoms with E-state index in [1.807, 2.05) is 0 Å². The molecule has 0 saturated carbocycles. The van der Waals surface area contributed by atoms with Gasteiger partial charge in [-0.05, 0) is 89.9 Å². The summed E-state index contributed by atoms with van der Waals surface area (Å²) in [5.74, 6) is -0.711. The molecular formula is C62H115NO10. The summed E-state index contributed by atoms with van der Waals surface area (Å²) in [7, 11) is 0. The Bertz CT molecular complexity index is 1320. The van der Waals surface area contributed by atoms with Crippen molar-refractivity contribution in [1.82, 2.24) is 5.32 Å². The maximum atomic E-state index is 13.2. The molecule has 1 saturated heterocycles. The van der Waals surface area contributed by atoms with Gasteiger partial charge < -0.3 is 50.5 Å². The van der Waals surface area contributed by atoms with Crippen LogP contribution in [0.5, 0.6) is 0 Å². The predicted molar refractivity (Wildman–Crippen MR) is 302 cm³/mol. The molecule has 1 amide bonds. The molecule has 0 aromatic heterocycles. The third kappa shape index (κ3) is 39.1. The van der Waals surface area contributed by atoms with Crippen molar-refractivity contribution in [2.45, 2.75) is 326 Å². The van der Waals surface area contributed by atoms with Crippen molar-refractivity contribution < 1.29 is 50.0 Å². The first kappa shape index (κ1) is 69.1. The van der Waals surface area contributed by atoms with Crippen molar-refractivity contribution in [2.24, 2.45) is 0 Å². The van der Waals surface area contributed by atoms with E-state index in [4.69, 9.17) is 9.47 Å². The number of amides is 1. The van der Waals surface area contributed by atoms with Crippen molar-refractivity contribution in [1.29, 1.82) is 0 Å². The third-order valence-corrected chi connectivity index (χ3v) is 14.6. The van der Waals surface area contributed by atoms with E-state index in [9.17, 15) is 40.5 Å². The summed E-state index contributed by atoms with van der Waals surface area (Å²) < 4.78 is 11.1. The number of nitrogens with one attached hydrogen (secondary N) is 1. The first-order valence-corrected chi connectivity index (χ1v) is 30.5. The number of carbonyl (C=O) groups is 1. The summed E-state index contributed by atoms with van der Waals surface area (Å²) in [5.41, 5.74) is 0. The molecule has 0 spiro atoms. The highest BCUT2D eigenvalue weighted by Crippen LogP contribution is 2.23. The van der Waals surface area contributed by atoms with Gasteiger partial charge in [-0.1, -0.05) is 229 Å². The number of unbranched alkanes of at least 4 members (excludes halogenated alkanes) is 32. The number of hydrogen-bond donors (Lipinski definition) is 8. The highest BCUT2D eigenvalue weighted by atomic mass is 16.7. The second-order valence-corrected chi connectivity index (χ2v) is 21.4. The monoisotopic (exact) mass is 1030 g/mol. The summed E-state index contributed by atoms with van der Waals surface area (Å²) in [5, 5.41) is 76.1. The number of allylic oxidation sites excluding steroid dienone is 8. The maximum absolute atomic E-state index is 13.2. The Balaban J connectivity index is 2.28. The summed E-state index contributed by atoms with van der Waals surface area (Å²) >= 11 is 0. The highest BCUT2D eigenvalue weighted by molar-refractivity contribution is 5.80. The Labute approximate surface area is 447 Å². The fraction of sp³-hybridized carbons (Fsp3) is 0.855. The first-order chi connectivity index (χ1) is 35.7. The summed E-state index contributed by atoms with van der Waals surface area (Å²) in [6.45, 7) is 3.44. The molecule has 0 aliphatic carbocycles. The molecule has 11 heteroatoms. The number of carbonyl (C=O) groups excluding carboxylic acids is 1. The molecule has 9 atom stereocenters. The molecule has 1 fully saturated rings. The van der Waals surface area contributed by atoms with Crippen molar-refractivity contribution in [2.75, 3.05) is 13.2 Å². The van der Waals surface area contributed by atoms with Gasteiger partial charge in [0.2, 0.25) is 5.91 Å². The fourth-order valence-corrected chi connectivity index (χ4v) is 9.59. The molecular weight excluding hydrogens is 919 g/mol. The zero-order valence-corrected chi connectivity index (χ0v) is 46.9. The second-order valence-electron chi connectivity index (χ2n) is 21.4. The van der Waals surface area contributed by atoms with Crippen LogP contribution in [-0.2, 0) is 14.3 Å². The van der Waals surface area contributed by atoms with E-state index in [1.54, 1.807) is 0 Å². The second kappa shape index (κ2) is 50.9. The van der Waals surface area contributed by atoms with Crippen LogP contribution in [0.2, 0.25) is 0 Å². The van der Waals surface area contributed by atoms with E-state index in [0.29, 0.717) is 19.3 Å². The van der Waals surface area contributed by atoms with Crippen LogP contribution in [0.4, 0.5) is 0 Å². The van der Waals surface area contributed by atoms with Gasteiger partial charge in [0.05, 0.1) is 25.4 Å². The molecule has 0 aromatic carbocycles. The van der Waals surface area contributed by atoms with Gasteiger partial charge >= 0.3 is 0 Å². The van der Waals surface area contributed by atoms with Crippen molar-refractivity contribution in [3.05, 3.63) is 48.6 Å². The van der Waals surface area contributed by atoms with Crippen molar-refractivity contribution in [3.63, 3.8) is 0 Å². The van der Waals surface area contributed by atoms with Crippen LogP contribution in [-0.4, -0.2) is 110 Å². The SMILES string of the molecule is CCCCCCC/C=C/CC/C=C/CC/C=C/CCCC(O)C(O)C(COC1OC(CO)C(O)C(O)C1O)NC(=O)C(O)CCCCCCCCCCCCCC/C=C\CCCCCCCCCCCCCC. The number of hydrogen-bond acceptors (Lipinski definition) is 10. The van der Waals surface area contributed by atoms with Gasteiger partial charge in [0.25, 0.3) is 0 Å². The van der Waals surface area contributed by atoms with Gasteiger partial charge in [0.15, 0.2) is 6.29 Å². The highest BCUT2D eigenvalue weighted by Gasteiger charge is 2.44. The summed E-state index contributed by atoms with van der Waals surface area (Å²) in [6, 6.07) is -1.20. The lowest BCUT2D eigenvalue weighted by molar-refractivity contribution is -0.303. The molecule has 0 aromatic rings. The molecule has 11 nitrogen and oxygen atoms in total. The van der Waals surface area contributed by atoms with E-state index < -0.39 is 74.2 Å². The molecule has 0 radical (unpaired) electrons. The van der Waals surface area contributed by atoms with E-state index >= 15 is 0 Å². The normalized spacial score (nSPS) is 20.3. The van der Waals surface area contributed by atoms with E-state index in [-0.39, 0.29) is 12.8 Å². The smallest absolute Gasteiger partial charge is 0.249 e. The van der Waals surface area contributed by atoms with Gasteiger partial charge in [0, 0.05) is 0 Å². The largest absolute Gasteiger partial charge is 0.394 e. The summed E-state index contributed by atoms with van der Waals surface area (Å²) in [6.07, 6.45) is 53.2. The van der Waals surface area contributed by atoms with Gasteiger partial charge in [-0.3, -0.25) is 4.79 Å². The minimum absolute atomic E-state index is 0.240. The number of aliphatic hydroxyl groups is 7. The number of rotatable bonds is 52. The Kier molecular flexibility index (Phi) is 48.1. The van der Waals surface area contributed by atoms with Crippen LogP contribution in [0.3, 0.4) is 0 Å². The Morgan fingerprint density at radius 1 is 0.466 bits per heavy atom. The topological polar surface area (TPSA) is 189 Å². The lowest BCUT2D eigenvalue weighted by atomic mass is 9.98. The molecule has 1 aliphatic rings. The Hall–Kier alpha value is -1.93. The van der Waals surface area contributed by atoms with Crippen LogP contribution in [0.1, 0.15) is 271 Å². The van der Waals surface area contributed by atoms with Crippen LogP contribution < -0.4 is 5.32 Å². The Morgan fingerprint density at radius 3 is 1.22 bits per heavy atom. The third-order valence-electron chi connectivity index (χ3n) is 14.6. The zero-order valence-electron chi connectivity index (χ0n) is 46.9. The molecule has 9 unspecified atom stereocenters. The predicted octanol–water partition coefficient (Wildman–Crippen LogP) is 13.2. The maximum Gasteiger partial charge on any atom is 0.249 e. The molecule has 0 bridgehead atoms. The van der Waals surface area contributed by atoms with Gasteiger partial charge in [-0.2, -0.15) is 0 Å². The zero-order chi connectivity index (χ0) is 53.3. The van der Waals surface area contributed by atoms with Crippen LogP contribution in [0.25, 0.3) is 0 Å². The minimum atomic E-state index is -1.67. The lowest BCUT2D eigenvalue weighted by Crippen LogP contribution is -2.60. The van der Waals surface area contributed by atoms with E-state index in [2.05, 4.69) is 67.8 Å². The molecule has 1 rings (SSSR count). The molecule has 8 N–H and O–H groups in total. The fourth-order valence-electron chi connectivity index (χ4n) is 9.59. The standard InChI is InChI=1S/C62H115NO10/c1-3-5-7-9-11-13-15-17-19-21-23-24-25-26-27-28-29-30-31-32-34-36-38-40-42-44-46-48-50-55(66)61(71)63-53(52-72-62-60(70)59(69)58(68)56(51-64)73-62)57(67)54(65)49-47-45-43-41-39-37-35-33-22-20-18-16-14-12-10-8-6-4-2/h16,18,26-27,33,35,41,43,53-60,62,64-70H,3-15,17,19-25,28-32,34,36-40,42,44-52H2,1-2H3,(H,63,71)/b18-16+,27-26-,35-33+,43-41+. The van der Waals surface area contributed by atoms with Gasteiger partial charge in [0.1, 0.15) is 36.6 Å². The average Bonchev–Trinajstić information content (AvgIpc) is 3.39. The van der Waals surface area contributed by atoms with Gasteiger partial charge in [-0.15, -0.1) is 0 Å². The molecule has 73 heavy (non-hydrogen) atoms. The molecule has 1 heterocycles. The summed E-state index contributed by atoms with van der Waals surface area (Å²) in [4.78, 5) is 13.2. The van der Waals surface area contributed by atoms with Crippen molar-refractivity contribution >= 4 is 5.91 Å². The Morgan fingerprint density at radius 2 is 0.822 bits per heavy atom. The minimum Gasteiger partial charge on any atom is -0.394 e. The lowest BCUT2D eigenvalue weighted by Gasteiger charge is -2.40. The van der Waals surface area contributed by atoms with Crippen LogP contribution >= 0.6 is 0 Å². The average molecular weight is 1030 g/mol. The number of aliphatic hydroxyl groups excluding tert-OH is 7. The van der Waals surface area contributed by atoms with Crippen LogP contribution in [0.15, 0.2) is 48.6 Å². The van der Waals surface area contributed by atoms with E-state index in [0.717, 1.165) is 44.9 Å². The van der Waals surface area contributed by atoms with Crippen LogP contribution in [0, 0.1) is 0 Å². The van der Waals surface area contributed by atoms with Gasteiger partial charge in [-0.25, -0.2) is 0 Å². The van der Waals surface area contributed by atoms with E-state index in [1.165, 1.54) is 180 Å². The first-order valence-electron chi connectivity index (χ1n) is 30.5. The number of ether oxygens (including phenoxy) is 2. The molecule has 1 aliphatic heterocycles.